The second kappa shape index (κ2) is 12.8. The molecule has 198 valence electrons. The molecule has 0 radical (unpaired) electrons. The Balaban J connectivity index is 1.42. The van der Waals surface area contributed by atoms with Gasteiger partial charge in [0.15, 0.2) is 0 Å². The fourth-order valence-electron chi connectivity index (χ4n) is 4.88. The minimum atomic E-state index is -0.313. The molecule has 1 aliphatic carbocycles. The molecule has 0 spiro atoms. The van der Waals surface area contributed by atoms with Gasteiger partial charge in [-0.15, -0.1) is 0 Å². The van der Waals surface area contributed by atoms with Crippen LogP contribution in [-0.4, -0.2) is 70.9 Å². The molecule has 1 heterocycles. The molecule has 0 aromatic heterocycles. The predicted octanol–water partition coefficient (Wildman–Crippen LogP) is 5.05. The molecule has 0 bridgehead atoms. The quantitative estimate of drug-likeness (QED) is 0.278. The normalized spacial score (nSPS) is 17.2. The molecule has 0 saturated carbocycles. The Kier molecular flexibility index (Phi) is 8.78. The summed E-state index contributed by atoms with van der Waals surface area (Å²) in [7, 11) is 0. The SMILES string of the molecule is O=[N+]([O-])c1cc(C=C2c3ccccc3-c3ccccc32)ccc1N1CCOCCOCCOCCOCC1. The monoisotopic (exact) mass is 516 g/mol. The predicted molar refractivity (Wildman–Crippen MR) is 147 cm³/mol. The van der Waals surface area contributed by atoms with Crippen LogP contribution in [0, 0.1) is 10.1 Å². The Hall–Kier alpha value is -3.56. The first-order chi connectivity index (χ1) is 18.7. The van der Waals surface area contributed by atoms with Gasteiger partial charge in [0.05, 0.1) is 57.8 Å². The van der Waals surface area contributed by atoms with Crippen LogP contribution in [0.15, 0.2) is 66.7 Å². The van der Waals surface area contributed by atoms with Crippen molar-refractivity contribution >= 4 is 23.0 Å². The Morgan fingerprint density at radius 2 is 1.13 bits per heavy atom. The lowest BCUT2D eigenvalue weighted by Gasteiger charge is -2.24. The van der Waals surface area contributed by atoms with Crippen LogP contribution in [0.1, 0.15) is 16.7 Å². The summed E-state index contributed by atoms with van der Waals surface area (Å²) in [5.41, 5.74) is 7.08. The fraction of sp³-hybridized carbons (Fsp3) is 0.333. The number of ether oxygens (including phenoxy) is 4. The van der Waals surface area contributed by atoms with E-state index < -0.39 is 0 Å². The fourth-order valence-corrected chi connectivity index (χ4v) is 4.88. The van der Waals surface area contributed by atoms with Gasteiger partial charge in [0.1, 0.15) is 5.69 Å². The first-order valence-corrected chi connectivity index (χ1v) is 13.0. The maximum absolute atomic E-state index is 12.2. The summed E-state index contributed by atoms with van der Waals surface area (Å²) in [6.45, 7) is 4.77. The molecule has 0 N–H and O–H groups in total. The van der Waals surface area contributed by atoms with Gasteiger partial charge in [-0.3, -0.25) is 10.1 Å². The summed E-state index contributed by atoms with van der Waals surface area (Å²) in [5.74, 6) is 0. The molecule has 5 rings (SSSR count). The molecule has 1 fully saturated rings. The zero-order chi connectivity index (χ0) is 26.2. The zero-order valence-electron chi connectivity index (χ0n) is 21.3. The Morgan fingerprint density at radius 3 is 1.63 bits per heavy atom. The van der Waals surface area contributed by atoms with Crippen molar-refractivity contribution in [3.8, 4) is 11.1 Å². The summed E-state index contributed by atoms with van der Waals surface area (Å²) >= 11 is 0. The van der Waals surface area contributed by atoms with E-state index >= 15 is 0 Å². The highest BCUT2D eigenvalue weighted by atomic mass is 16.6. The number of rotatable bonds is 3. The van der Waals surface area contributed by atoms with Gasteiger partial charge < -0.3 is 23.8 Å². The number of fused-ring (bicyclic) bond motifs is 3. The number of nitro benzene ring substituents is 1. The van der Waals surface area contributed by atoms with Crippen LogP contribution in [0.25, 0.3) is 22.8 Å². The number of anilines is 1. The van der Waals surface area contributed by atoms with E-state index in [2.05, 4.69) is 24.3 Å². The van der Waals surface area contributed by atoms with Crippen LogP contribution in [0.5, 0.6) is 0 Å². The largest absolute Gasteiger partial charge is 0.377 e. The van der Waals surface area contributed by atoms with Crippen molar-refractivity contribution < 1.29 is 23.9 Å². The molecule has 0 unspecified atom stereocenters. The molecule has 0 atom stereocenters. The molecular weight excluding hydrogens is 484 g/mol. The summed E-state index contributed by atoms with van der Waals surface area (Å²) in [4.78, 5) is 13.9. The summed E-state index contributed by atoms with van der Waals surface area (Å²) in [6.07, 6.45) is 2.04. The lowest BCUT2D eigenvalue weighted by Crippen LogP contribution is -2.32. The lowest BCUT2D eigenvalue weighted by molar-refractivity contribution is -0.384. The average Bonchev–Trinajstić information content (AvgIpc) is 3.24. The van der Waals surface area contributed by atoms with Crippen molar-refractivity contribution in [1.82, 2.24) is 0 Å². The maximum Gasteiger partial charge on any atom is 0.293 e. The van der Waals surface area contributed by atoms with Crippen LogP contribution in [-0.2, 0) is 18.9 Å². The van der Waals surface area contributed by atoms with Gasteiger partial charge in [0.2, 0.25) is 0 Å². The highest BCUT2D eigenvalue weighted by molar-refractivity contribution is 6.06. The molecule has 2 aliphatic rings. The van der Waals surface area contributed by atoms with Gasteiger partial charge in [-0.05, 0) is 45.5 Å². The number of hydrogen-bond donors (Lipinski definition) is 0. The topological polar surface area (TPSA) is 83.3 Å². The van der Waals surface area contributed by atoms with Crippen molar-refractivity contribution in [3.05, 3.63) is 93.5 Å². The van der Waals surface area contributed by atoms with E-state index in [9.17, 15) is 10.1 Å². The first-order valence-electron chi connectivity index (χ1n) is 13.0. The molecule has 8 nitrogen and oxygen atoms in total. The third-order valence-corrected chi connectivity index (χ3v) is 6.70. The van der Waals surface area contributed by atoms with Crippen LogP contribution in [0.2, 0.25) is 0 Å². The van der Waals surface area contributed by atoms with Crippen molar-refractivity contribution in [3.63, 3.8) is 0 Å². The van der Waals surface area contributed by atoms with Crippen molar-refractivity contribution in [2.75, 3.05) is 70.8 Å². The highest BCUT2D eigenvalue weighted by Gasteiger charge is 2.24. The molecule has 8 heteroatoms. The molecule has 3 aromatic carbocycles. The van der Waals surface area contributed by atoms with E-state index in [1.54, 1.807) is 6.07 Å². The molecular formula is C30H32N2O6. The summed E-state index contributed by atoms with van der Waals surface area (Å²) < 4.78 is 22.4. The smallest absolute Gasteiger partial charge is 0.293 e. The number of nitro groups is 1. The van der Waals surface area contributed by atoms with Crippen LogP contribution < -0.4 is 4.90 Å². The molecule has 1 aliphatic heterocycles. The molecule has 1 saturated heterocycles. The van der Waals surface area contributed by atoms with Crippen LogP contribution in [0.3, 0.4) is 0 Å². The van der Waals surface area contributed by atoms with E-state index in [4.69, 9.17) is 18.9 Å². The molecule has 0 amide bonds. The van der Waals surface area contributed by atoms with Gasteiger partial charge in [0, 0.05) is 19.2 Å². The van der Waals surface area contributed by atoms with Crippen LogP contribution in [0.4, 0.5) is 11.4 Å². The average molecular weight is 517 g/mol. The van der Waals surface area contributed by atoms with Crippen LogP contribution >= 0.6 is 0 Å². The standard InChI is InChI=1S/C30H32N2O6/c33-32(34)30-22-23(21-28-26-7-3-1-5-24(26)25-6-2-4-8-27(25)28)9-10-29(30)31-11-13-35-15-17-37-19-20-38-18-16-36-14-12-31/h1-10,21-22H,11-20H2. The summed E-state index contributed by atoms with van der Waals surface area (Å²) in [6, 6.07) is 22.0. The first kappa shape index (κ1) is 26.1. The van der Waals surface area contributed by atoms with E-state index in [1.165, 1.54) is 11.1 Å². The van der Waals surface area contributed by atoms with E-state index in [0.29, 0.717) is 71.6 Å². The van der Waals surface area contributed by atoms with Crippen molar-refractivity contribution in [2.45, 2.75) is 0 Å². The zero-order valence-corrected chi connectivity index (χ0v) is 21.3. The second-order valence-corrected chi connectivity index (χ2v) is 9.09. The van der Waals surface area contributed by atoms with Gasteiger partial charge in [-0.25, -0.2) is 0 Å². The highest BCUT2D eigenvalue weighted by Crippen LogP contribution is 2.45. The van der Waals surface area contributed by atoms with Gasteiger partial charge in [-0.2, -0.15) is 0 Å². The van der Waals surface area contributed by atoms with Gasteiger partial charge in [0.25, 0.3) is 5.69 Å². The van der Waals surface area contributed by atoms with E-state index in [-0.39, 0.29) is 10.6 Å². The summed E-state index contributed by atoms with van der Waals surface area (Å²) in [5, 5.41) is 12.2. The number of hydrogen-bond acceptors (Lipinski definition) is 7. The minimum Gasteiger partial charge on any atom is -0.377 e. The lowest BCUT2D eigenvalue weighted by atomic mass is 10.0. The molecule has 38 heavy (non-hydrogen) atoms. The Labute approximate surface area is 222 Å². The maximum atomic E-state index is 12.2. The Bertz CT molecular complexity index is 1230. The Morgan fingerprint density at radius 1 is 0.658 bits per heavy atom. The van der Waals surface area contributed by atoms with E-state index in [0.717, 1.165) is 22.3 Å². The second-order valence-electron chi connectivity index (χ2n) is 9.09. The molecule has 3 aromatic rings. The third kappa shape index (κ3) is 6.11. The third-order valence-electron chi connectivity index (χ3n) is 6.70. The van der Waals surface area contributed by atoms with Gasteiger partial charge in [-0.1, -0.05) is 54.6 Å². The van der Waals surface area contributed by atoms with Crippen molar-refractivity contribution in [2.24, 2.45) is 0 Å². The van der Waals surface area contributed by atoms with E-state index in [1.807, 2.05) is 47.4 Å². The number of benzene rings is 3. The van der Waals surface area contributed by atoms with Crippen molar-refractivity contribution in [1.29, 1.82) is 0 Å². The number of nitrogens with zero attached hydrogens (tertiary/aromatic N) is 2. The minimum absolute atomic E-state index is 0.0588. The van der Waals surface area contributed by atoms with Gasteiger partial charge >= 0.3 is 0 Å².